The Labute approximate surface area is 238 Å². The number of ether oxygens (including phenoxy) is 1. The van der Waals surface area contributed by atoms with Gasteiger partial charge >= 0.3 is 6.09 Å². The van der Waals surface area contributed by atoms with Crippen LogP contribution in [0, 0.1) is 13.8 Å². The lowest BCUT2D eigenvalue weighted by Crippen LogP contribution is -2.53. The van der Waals surface area contributed by atoms with Gasteiger partial charge in [0.1, 0.15) is 23.2 Å². The fraction of sp³-hybridized carbons (Fsp3) is 0.448. The number of amides is 1. The lowest BCUT2D eigenvalue weighted by atomic mass is 9.85. The van der Waals surface area contributed by atoms with Gasteiger partial charge in [-0.25, -0.2) is 9.31 Å². The predicted octanol–water partition coefficient (Wildman–Crippen LogP) is 3.54. The van der Waals surface area contributed by atoms with E-state index in [-0.39, 0.29) is 36.0 Å². The molecule has 0 fully saturated rings. The molecule has 0 aliphatic carbocycles. The zero-order valence-corrected chi connectivity index (χ0v) is 24.4. The quantitative estimate of drug-likeness (QED) is 0.207. The average Bonchev–Trinajstić information content (AvgIpc) is 3.56. The van der Waals surface area contributed by atoms with Crippen LogP contribution in [0.1, 0.15) is 74.0 Å². The van der Waals surface area contributed by atoms with Crippen molar-refractivity contribution in [1.29, 1.82) is 0 Å². The molecule has 1 unspecified atom stereocenters. The highest BCUT2D eigenvalue weighted by Crippen LogP contribution is 2.29. The van der Waals surface area contributed by atoms with E-state index in [4.69, 9.17) is 14.4 Å². The van der Waals surface area contributed by atoms with Gasteiger partial charge in [0.05, 0.1) is 0 Å². The van der Waals surface area contributed by atoms with Crippen LogP contribution < -0.4 is 16.2 Å². The molecule has 2 N–H and O–H groups in total. The van der Waals surface area contributed by atoms with Crippen molar-refractivity contribution in [1.82, 2.24) is 35.0 Å². The zero-order chi connectivity index (χ0) is 29.8. The molecule has 12 nitrogen and oxygen atoms in total. The summed E-state index contributed by atoms with van der Waals surface area (Å²) >= 11 is 0. The van der Waals surface area contributed by atoms with E-state index < -0.39 is 17.2 Å². The summed E-state index contributed by atoms with van der Waals surface area (Å²) in [6, 6.07) is 10.7. The van der Waals surface area contributed by atoms with Crippen LogP contribution in [0.15, 0.2) is 51.9 Å². The third-order valence-corrected chi connectivity index (χ3v) is 6.58. The number of hydrogen-bond donors (Lipinski definition) is 2. The molecular formula is C29H37N7O5. The normalized spacial score (nSPS) is 13.2. The lowest BCUT2D eigenvalue weighted by Gasteiger charge is -2.33. The summed E-state index contributed by atoms with van der Waals surface area (Å²) in [4.78, 5) is 44.5. The van der Waals surface area contributed by atoms with Gasteiger partial charge in [0.25, 0.3) is 5.56 Å². The molecule has 3 heterocycles. The maximum Gasteiger partial charge on any atom is 0.407 e. The van der Waals surface area contributed by atoms with E-state index in [1.54, 1.807) is 58.2 Å². The van der Waals surface area contributed by atoms with Crippen molar-refractivity contribution in [2.75, 3.05) is 13.1 Å². The molecule has 41 heavy (non-hydrogen) atoms. The first-order valence-corrected chi connectivity index (χ1v) is 13.6. The van der Waals surface area contributed by atoms with E-state index in [2.05, 4.69) is 20.8 Å². The molecule has 4 rings (SSSR count). The number of aryl methyl sites for hydroxylation is 2. The van der Waals surface area contributed by atoms with Crippen LogP contribution in [-0.4, -0.2) is 54.9 Å². The summed E-state index contributed by atoms with van der Waals surface area (Å²) in [5, 5.41) is 14.8. The summed E-state index contributed by atoms with van der Waals surface area (Å²) < 4.78 is 13.5. The number of benzene rings is 1. The maximum absolute atomic E-state index is 14.4. The predicted molar refractivity (Wildman–Crippen MR) is 152 cm³/mol. The summed E-state index contributed by atoms with van der Waals surface area (Å²) in [6.07, 6.45) is 1.92. The first kappa shape index (κ1) is 29.7. The zero-order valence-electron chi connectivity index (χ0n) is 24.4. The molecular weight excluding hydrogens is 526 g/mol. The van der Waals surface area contributed by atoms with Gasteiger partial charge in [-0.1, -0.05) is 41.9 Å². The number of alkyl carbamates (subject to hydrolysis) is 1. The van der Waals surface area contributed by atoms with Crippen molar-refractivity contribution < 1.29 is 18.8 Å². The Morgan fingerprint density at radius 3 is 2.44 bits per heavy atom. The molecule has 0 radical (unpaired) electrons. The SMILES string of the molecule is CCC(NCCCNC(=O)OC(C)(C)C)(C(=O)c1ccc(C)cc1)c1nn2cccc2c(=O)n1Cc1nc(C)no1. The summed E-state index contributed by atoms with van der Waals surface area (Å²) in [6.45, 7) is 11.5. The number of carbonyl (C=O) groups excluding carboxylic acids is 2. The number of carbonyl (C=O) groups is 2. The fourth-order valence-electron chi connectivity index (χ4n) is 4.57. The van der Waals surface area contributed by atoms with E-state index >= 15 is 0 Å². The van der Waals surface area contributed by atoms with Gasteiger partial charge in [0, 0.05) is 18.3 Å². The Morgan fingerprint density at radius 1 is 1.07 bits per heavy atom. The van der Waals surface area contributed by atoms with Gasteiger partial charge in [-0.3, -0.25) is 19.5 Å². The van der Waals surface area contributed by atoms with Crippen molar-refractivity contribution >= 4 is 17.4 Å². The van der Waals surface area contributed by atoms with E-state index in [0.717, 1.165) is 5.56 Å². The molecule has 0 bridgehead atoms. The third kappa shape index (κ3) is 6.71. The Bertz CT molecular complexity index is 1580. The second-order valence-corrected chi connectivity index (χ2v) is 11.0. The van der Waals surface area contributed by atoms with E-state index in [1.165, 1.54) is 9.08 Å². The second-order valence-electron chi connectivity index (χ2n) is 11.0. The van der Waals surface area contributed by atoms with Crippen LogP contribution in [0.4, 0.5) is 4.79 Å². The molecule has 4 aromatic rings. The van der Waals surface area contributed by atoms with Crippen LogP contribution >= 0.6 is 0 Å². The van der Waals surface area contributed by atoms with Crippen molar-refractivity contribution in [2.45, 2.75) is 72.1 Å². The molecule has 0 saturated heterocycles. The van der Waals surface area contributed by atoms with Gasteiger partial charge in [-0.05, 0) is 66.1 Å². The molecule has 0 spiro atoms. The average molecular weight is 564 g/mol. The maximum atomic E-state index is 14.4. The summed E-state index contributed by atoms with van der Waals surface area (Å²) in [7, 11) is 0. The number of aromatic nitrogens is 5. The Hall–Kier alpha value is -4.32. The molecule has 12 heteroatoms. The minimum Gasteiger partial charge on any atom is -0.444 e. The van der Waals surface area contributed by atoms with Crippen LogP contribution in [0.3, 0.4) is 0 Å². The molecule has 0 aliphatic rings. The van der Waals surface area contributed by atoms with E-state index in [1.807, 2.05) is 26.0 Å². The minimum atomic E-state index is -1.39. The molecule has 3 aromatic heterocycles. The van der Waals surface area contributed by atoms with Gasteiger partial charge in [0.15, 0.2) is 17.4 Å². The minimum absolute atomic E-state index is 0.0610. The van der Waals surface area contributed by atoms with Gasteiger partial charge in [-0.15, -0.1) is 0 Å². The molecule has 0 aliphatic heterocycles. The van der Waals surface area contributed by atoms with Gasteiger partial charge < -0.3 is 14.6 Å². The number of ketones is 1. The van der Waals surface area contributed by atoms with Crippen LogP contribution in [-0.2, 0) is 16.8 Å². The topological polar surface area (TPSA) is 146 Å². The van der Waals surface area contributed by atoms with Crippen molar-refractivity contribution in [3.8, 4) is 0 Å². The van der Waals surface area contributed by atoms with E-state index in [0.29, 0.717) is 36.4 Å². The van der Waals surface area contributed by atoms with Crippen molar-refractivity contribution in [3.05, 3.63) is 81.6 Å². The number of fused-ring (bicyclic) bond motifs is 1. The summed E-state index contributed by atoms with van der Waals surface area (Å²) in [5.74, 6) is 0.626. The van der Waals surface area contributed by atoms with Gasteiger partial charge in [0.2, 0.25) is 5.89 Å². The van der Waals surface area contributed by atoms with Crippen molar-refractivity contribution in [2.24, 2.45) is 0 Å². The van der Waals surface area contributed by atoms with Crippen LogP contribution in [0.2, 0.25) is 0 Å². The van der Waals surface area contributed by atoms with E-state index in [9.17, 15) is 14.4 Å². The highest BCUT2D eigenvalue weighted by atomic mass is 16.6. The summed E-state index contributed by atoms with van der Waals surface area (Å²) in [5.41, 5.74) is -0.519. The van der Waals surface area contributed by atoms with Crippen LogP contribution in [0.5, 0.6) is 0 Å². The first-order valence-electron chi connectivity index (χ1n) is 13.6. The molecule has 1 aromatic carbocycles. The number of nitrogens with zero attached hydrogens (tertiary/aromatic N) is 5. The monoisotopic (exact) mass is 563 g/mol. The Balaban J connectivity index is 1.74. The first-order chi connectivity index (χ1) is 19.4. The van der Waals surface area contributed by atoms with Crippen molar-refractivity contribution in [3.63, 3.8) is 0 Å². The fourth-order valence-corrected chi connectivity index (χ4v) is 4.57. The standard InChI is InChI=1S/C29H37N7O5/c1-7-29(24(37)21-13-11-19(2)12-14-21,31-16-9-15-30-27(39)40-28(4,5)6)26-33-36-17-8-10-22(36)25(38)35(26)18-23-32-20(3)34-41-23/h8,10-14,17,31H,7,9,15-16,18H2,1-6H3,(H,30,39). The molecule has 1 atom stereocenters. The molecule has 0 saturated carbocycles. The largest absolute Gasteiger partial charge is 0.444 e. The smallest absolute Gasteiger partial charge is 0.407 e. The number of Topliss-reactive ketones (excluding diaryl/α,β-unsaturated/α-hetero) is 1. The Kier molecular flexibility index (Phi) is 8.72. The number of hydrogen-bond acceptors (Lipinski definition) is 9. The highest BCUT2D eigenvalue weighted by Gasteiger charge is 2.43. The number of rotatable bonds is 11. The highest BCUT2D eigenvalue weighted by molar-refractivity contribution is 6.03. The number of nitrogens with one attached hydrogen (secondary N) is 2. The lowest BCUT2D eigenvalue weighted by molar-refractivity contribution is 0.0526. The molecule has 1 amide bonds. The Morgan fingerprint density at radius 2 is 1.80 bits per heavy atom. The molecule has 218 valence electrons. The van der Waals surface area contributed by atoms with Gasteiger partial charge in [-0.2, -0.15) is 10.1 Å². The third-order valence-electron chi connectivity index (χ3n) is 6.58. The van der Waals surface area contributed by atoms with Crippen LogP contribution in [0.25, 0.3) is 5.52 Å². The second kappa shape index (κ2) is 12.0.